The second-order valence-electron chi connectivity index (χ2n) is 5.44. The predicted molar refractivity (Wildman–Crippen MR) is 92.3 cm³/mol. The summed E-state index contributed by atoms with van der Waals surface area (Å²) in [5.41, 5.74) is 10.6. The molecule has 108 valence electrons. The highest BCUT2D eigenvalue weighted by atomic mass is 32.1. The van der Waals surface area contributed by atoms with Gasteiger partial charge in [-0.2, -0.15) is 0 Å². The number of nitrogens with two attached hydrogens (primary N) is 1. The Morgan fingerprint density at radius 1 is 1.43 bits per heavy atom. The molecule has 1 aliphatic heterocycles. The van der Waals surface area contributed by atoms with Crippen LogP contribution in [0.15, 0.2) is 47.0 Å². The van der Waals surface area contributed by atoms with Crippen LogP contribution in [-0.4, -0.2) is 17.2 Å². The van der Waals surface area contributed by atoms with E-state index in [1.54, 1.807) is 0 Å². The van der Waals surface area contributed by atoms with Gasteiger partial charge in [-0.15, -0.1) is 0 Å². The molecular weight excluding hydrogens is 278 g/mol. The van der Waals surface area contributed by atoms with Crippen molar-refractivity contribution >= 4 is 28.6 Å². The molecule has 1 aromatic rings. The van der Waals surface area contributed by atoms with Crippen molar-refractivity contribution in [3.8, 4) is 0 Å². The molecule has 0 spiro atoms. The minimum absolute atomic E-state index is 0.364. The molecule has 21 heavy (non-hydrogen) atoms. The van der Waals surface area contributed by atoms with Crippen LogP contribution in [0.4, 0.5) is 5.69 Å². The monoisotopic (exact) mass is 297 g/mol. The Hall–Kier alpha value is -1.78. The second kappa shape index (κ2) is 5.92. The van der Waals surface area contributed by atoms with E-state index in [9.17, 15) is 0 Å². The number of fused-ring (bicyclic) bond motifs is 1. The molecule has 1 unspecified atom stereocenters. The minimum Gasteiger partial charge on any atom is -0.383 e. The number of rotatable bonds is 2. The van der Waals surface area contributed by atoms with E-state index in [-0.39, 0.29) is 0 Å². The zero-order valence-electron chi connectivity index (χ0n) is 12.1. The van der Waals surface area contributed by atoms with Gasteiger partial charge in [-0.25, -0.2) is 4.99 Å². The Kier molecular flexibility index (Phi) is 3.99. The molecule has 3 nitrogen and oxygen atoms in total. The molecule has 0 aromatic heterocycles. The van der Waals surface area contributed by atoms with Crippen LogP contribution in [0.3, 0.4) is 0 Å². The molecule has 1 atom stereocenters. The molecule has 0 amide bonds. The zero-order chi connectivity index (χ0) is 14.8. The summed E-state index contributed by atoms with van der Waals surface area (Å²) in [7, 11) is 0. The maximum absolute atomic E-state index is 6.13. The molecule has 0 fully saturated rings. The molecule has 0 bridgehead atoms. The lowest BCUT2D eigenvalue weighted by Gasteiger charge is -2.24. The summed E-state index contributed by atoms with van der Waals surface area (Å²) in [6.07, 6.45) is 7.78. The van der Waals surface area contributed by atoms with Crippen molar-refractivity contribution in [1.29, 1.82) is 0 Å². The number of hydrogen-bond acceptors (Lipinski definition) is 3. The summed E-state index contributed by atoms with van der Waals surface area (Å²) in [6, 6.07) is 6.68. The van der Waals surface area contributed by atoms with Crippen LogP contribution in [0, 0.1) is 0 Å². The molecule has 3 rings (SSSR count). The highest BCUT2D eigenvalue weighted by Gasteiger charge is 2.16. The van der Waals surface area contributed by atoms with E-state index in [0.717, 1.165) is 35.5 Å². The molecule has 1 aliphatic carbocycles. The molecule has 0 saturated heterocycles. The van der Waals surface area contributed by atoms with Crippen molar-refractivity contribution in [2.24, 2.45) is 10.7 Å². The molecule has 3 N–H and O–H groups in total. The molecule has 1 aromatic carbocycles. The summed E-state index contributed by atoms with van der Waals surface area (Å²) < 4.78 is 0. The highest BCUT2D eigenvalue weighted by Crippen LogP contribution is 2.27. The van der Waals surface area contributed by atoms with Crippen LogP contribution < -0.4 is 11.1 Å². The molecule has 0 saturated carbocycles. The standard InChI is InChI=1S/C17H19N3S/c1-11-15-10-13(7-6-12(15)8-9-19-11)20-17(18)14-4-2-3-5-16(14)21/h2-4,6-7,10-11,19H,5,8-9H2,1H3,(H2,18,20). The lowest BCUT2D eigenvalue weighted by molar-refractivity contribution is 0.541. The van der Waals surface area contributed by atoms with E-state index in [0.29, 0.717) is 11.9 Å². The van der Waals surface area contributed by atoms with E-state index in [4.69, 9.17) is 18.0 Å². The van der Waals surface area contributed by atoms with Crippen molar-refractivity contribution in [3.05, 3.63) is 53.1 Å². The van der Waals surface area contributed by atoms with Gasteiger partial charge in [-0.3, -0.25) is 0 Å². The van der Waals surface area contributed by atoms with Gasteiger partial charge in [0, 0.05) is 22.9 Å². The Bertz CT molecular complexity index is 671. The first-order valence-electron chi connectivity index (χ1n) is 7.26. The zero-order valence-corrected chi connectivity index (χ0v) is 12.9. The smallest absolute Gasteiger partial charge is 0.132 e. The van der Waals surface area contributed by atoms with Gasteiger partial charge < -0.3 is 11.1 Å². The van der Waals surface area contributed by atoms with E-state index in [2.05, 4.69) is 29.4 Å². The van der Waals surface area contributed by atoms with E-state index >= 15 is 0 Å². The van der Waals surface area contributed by atoms with E-state index in [1.807, 2.05) is 24.3 Å². The Morgan fingerprint density at radius 2 is 2.29 bits per heavy atom. The fourth-order valence-corrected chi connectivity index (χ4v) is 3.05. The van der Waals surface area contributed by atoms with Crippen LogP contribution in [0.1, 0.15) is 30.5 Å². The van der Waals surface area contributed by atoms with Gasteiger partial charge in [0.1, 0.15) is 5.84 Å². The number of thiocarbonyl (C=S) groups is 1. The number of benzene rings is 1. The number of nitrogens with zero attached hydrogens (tertiary/aromatic N) is 1. The third kappa shape index (κ3) is 2.96. The molecule has 4 heteroatoms. The topological polar surface area (TPSA) is 50.4 Å². The quantitative estimate of drug-likeness (QED) is 0.501. The first kappa shape index (κ1) is 14.2. The van der Waals surface area contributed by atoms with Crippen LogP contribution >= 0.6 is 12.2 Å². The van der Waals surface area contributed by atoms with Gasteiger partial charge in [-0.1, -0.05) is 36.5 Å². The molecule has 0 radical (unpaired) electrons. The fraction of sp³-hybridized carbons (Fsp3) is 0.294. The first-order chi connectivity index (χ1) is 10.1. The minimum atomic E-state index is 0.364. The first-order valence-corrected chi connectivity index (χ1v) is 7.67. The maximum Gasteiger partial charge on any atom is 0.132 e. The summed E-state index contributed by atoms with van der Waals surface area (Å²) in [6.45, 7) is 3.21. The van der Waals surface area contributed by atoms with Gasteiger partial charge in [0.25, 0.3) is 0 Å². The van der Waals surface area contributed by atoms with Gasteiger partial charge in [-0.05, 0) is 43.1 Å². The fourth-order valence-electron chi connectivity index (χ4n) is 2.79. The normalized spacial score (nSPS) is 22.0. The summed E-state index contributed by atoms with van der Waals surface area (Å²) in [5.74, 6) is 0.501. The molecule has 2 aliphatic rings. The number of amidine groups is 1. The van der Waals surface area contributed by atoms with Gasteiger partial charge in [0.15, 0.2) is 0 Å². The van der Waals surface area contributed by atoms with E-state index < -0.39 is 0 Å². The largest absolute Gasteiger partial charge is 0.383 e. The average molecular weight is 297 g/mol. The van der Waals surface area contributed by atoms with Gasteiger partial charge in [0.05, 0.1) is 5.69 Å². The summed E-state index contributed by atoms with van der Waals surface area (Å²) in [5, 5.41) is 3.47. The highest BCUT2D eigenvalue weighted by molar-refractivity contribution is 7.81. The number of aliphatic imine (C=N–C) groups is 1. The predicted octanol–water partition coefficient (Wildman–Crippen LogP) is 3.14. The van der Waals surface area contributed by atoms with Gasteiger partial charge in [0.2, 0.25) is 0 Å². The van der Waals surface area contributed by atoms with Crippen molar-refractivity contribution in [2.45, 2.75) is 25.8 Å². The van der Waals surface area contributed by atoms with E-state index in [1.165, 1.54) is 11.1 Å². The summed E-state index contributed by atoms with van der Waals surface area (Å²) in [4.78, 5) is 5.41. The number of nitrogens with one attached hydrogen (secondary N) is 1. The second-order valence-corrected chi connectivity index (χ2v) is 5.93. The van der Waals surface area contributed by atoms with Crippen molar-refractivity contribution in [2.75, 3.05) is 6.54 Å². The maximum atomic E-state index is 6.13. The third-order valence-electron chi connectivity index (χ3n) is 3.97. The Labute approximate surface area is 130 Å². The van der Waals surface area contributed by atoms with Crippen molar-refractivity contribution < 1.29 is 0 Å². The lowest BCUT2D eigenvalue weighted by Crippen LogP contribution is -2.27. The third-order valence-corrected chi connectivity index (χ3v) is 4.36. The lowest BCUT2D eigenvalue weighted by atomic mass is 9.95. The Morgan fingerprint density at radius 3 is 3.10 bits per heavy atom. The van der Waals surface area contributed by atoms with Crippen LogP contribution in [0.2, 0.25) is 0 Å². The molecular formula is C17H19N3S. The SMILES string of the molecule is CC1NCCc2ccc(N=C(N)C3=CC=CCC3=S)cc21. The average Bonchev–Trinajstić information content (AvgIpc) is 2.48. The number of allylic oxidation sites excluding steroid dienone is 3. The van der Waals surface area contributed by atoms with Gasteiger partial charge >= 0.3 is 0 Å². The Balaban J connectivity index is 1.92. The van der Waals surface area contributed by atoms with Crippen LogP contribution in [-0.2, 0) is 6.42 Å². The van der Waals surface area contributed by atoms with Crippen molar-refractivity contribution in [1.82, 2.24) is 5.32 Å². The summed E-state index contributed by atoms with van der Waals surface area (Å²) >= 11 is 5.35. The molecule has 1 heterocycles. The number of hydrogen-bond donors (Lipinski definition) is 2. The van der Waals surface area contributed by atoms with Crippen LogP contribution in [0.5, 0.6) is 0 Å². The van der Waals surface area contributed by atoms with Crippen LogP contribution in [0.25, 0.3) is 0 Å². The van der Waals surface area contributed by atoms with Crippen molar-refractivity contribution in [3.63, 3.8) is 0 Å².